The number of pyridine rings is 1. The molecule has 3 rings (SSSR count). The Hall–Kier alpha value is -2.46. The first-order valence-corrected chi connectivity index (χ1v) is 7.90. The van der Waals surface area contributed by atoms with Gasteiger partial charge in [0.05, 0.1) is 0 Å². The van der Waals surface area contributed by atoms with Crippen LogP contribution in [0.3, 0.4) is 0 Å². The average Bonchev–Trinajstić information content (AvgIpc) is 2.59. The number of carbonyl (C=O) groups excluding carboxylic acids is 1. The third-order valence-electron chi connectivity index (χ3n) is 3.50. The highest BCUT2D eigenvalue weighted by Gasteiger charge is 2.07. The number of halogens is 1. The van der Waals surface area contributed by atoms with Gasteiger partial charge in [0.25, 0.3) is 0 Å². The van der Waals surface area contributed by atoms with Crippen molar-refractivity contribution in [1.82, 2.24) is 4.98 Å². The van der Waals surface area contributed by atoms with Gasteiger partial charge in [-0.1, -0.05) is 34.1 Å². The summed E-state index contributed by atoms with van der Waals surface area (Å²) in [4.78, 5) is 15.2. The lowest BCUT2D eigenvalue weighted by Crippen LogP contribution is -1.91. The molecular formula is C19H14BrNO2. The first-order valence-electron chi connectivity index (χ1n) is 7.11. The van der Waals surface area contributed by atoms with Gasteiger partial charge >= 0.3 is 0 Å². The number of benzene rings is 2. The number of hydrogen-bond donors (Lipinski definition) is 0. The molecule has 0 saturated heterocycles. The molecule has 0 bridgehead atoms. The molecule has 2 aromatic carbocycles. The molecule has 0 aliphatic rings. The van der Waals surface area contributed by atoms with Gasteiger partial charge in [-0.05, 0) is 53.9 Å². The predicted octanol–water partition coefficient (Wildman–Crippen LogP) is 5.42. The van der Waals surface area contributed by atoms with Crippen molar-refractivity contribution in [1.29, 1.82) is 0 Å². The van der Waals surface area contributed by atoms with Crippen molar-refractivity contribution in [3.05, 3.63) is 76.5 Å². The zero-order valence-corrected chi connectivity index (χ0v) is 14.1. The van der Waals surface area contributed by atoms with Crippen LogP contribution in [0.2, 0.25) is 0 Å². The Balaban J connectivity index is 1.85. The molecule has 0 amide bonds. The molecule has 1 heterocycles. The van der Waals surface area contributed by atoms with Crippen molar-refractivity contribution >= 4 is 22.2 Å². The fraction of sp³-hybridized carbons (Fsp3) is 0.0526. The number of carbonyl (C=O) groups is 1. The summed E-state index contributed by atoms with van der Waals surface area (Å²) >= 11 is 3.37. The van der Waals surface area contributed by atoms with E-state index in [2.05, 4.69) is 20.9 Å². The number of aryl methyl sites for hydroxylation is 1. The van der Waals surface area contributed by atoms with Gasteiger partial charge < -0.3 is 4.74 Å². The number of hydrogen-bond acceptors (Lipinski definition) is 3. The van der Waals surface area contributed by atoms with E-state index in [-0.39, 0.29) is 0 Å². The molecule has 0 aliphatic carbocycles. The monoisotopic (exact) mass is 367 g/mol. The van der Waals surface area contributed by atoms with Crippen LogP contribution in [0, 0.1) is 6.92 Å². The van der Waals surface area contributed by atoms with Gasteiger partial charge in [-0.25, -0.2) is 0 Å². The summed E-state index contributed by atoms with van der Waals surface area (Å²) in [7, 11) is 0. The van der Waals surface area contributed by atoms with Gasteiger partial charge in [0.1, 0.15) is 11.5 Å². The van der Waals surface area contributed by atoms with Gasteiger partial charge in [0.2, 0.25) is 0 Å². The van der Waals surface area contributed by atoms with Gasteiger partial charge in [-0.3, -0.25) is 9.78 Å². The lowest BCUT2D eigenvalue weighted by atomic mass is 10.1. The van der Waals surface area contributed by atoms with E-state index in [1.165, 1.54) is 0 Å². The quantitative estimate of drug-likeness (QED) is 0.577. The Labute approximate surface area is 143 Å². The molecule has 1 aromatic heterocycles. The molecule has 0 saturated carbocycles. The Morgan fingerprint density at radius 2 is 1.87 bits per heavy atom. The van der Waals surface area contributed by atoms with Crippen LogP contribution in [0.25, 0.3) is 11.1 Å². The van der Waals surface area contributed by atoms with E-state index in [1.807, 2.05) is 55.6 Å². The molecule has 23 heavy (non-hydrogen) atoms. The summed E-state index contributed by atoms with van der Waals surface area (Å²) < 4.78 is 6.67. The third-order valence-corrected chi connectivity index (χ3v) is 4.18. The molecule has 0 unspecified atom stereocenters. The largest absolute Gasteiger partial charge is 0.457 e. The summed E-state index contributed by atoms with van der Waals surface area (Å²) in [5, 5.41) is 0. The zero-order chi connectivity index (χ0) is 16.2. The van der Waals surface area contributed by atoms with Crippen molar-refractivity contribution < 1.29 is 9.53 Å². The summed E-state index contributed by atoms with van der Waals surface area (Å²) in [6.07, 6.45) is 4.38. The van der Waals surface area contributed by atoms with Gasteiger partial charge in [-0.15, -0.1) is 0 Å². The molecule has 4 heteroatoms. The van der Waals surface area contributed by atoms with Gasteiger partial charge in [-0.2, -0.15) is 0 Å². The molecule has 0 atom stereocenters. The van der Waals surface area contributed by atoms with E-state index < -0.39 is 0 Å². The van der Waals surface area contributed by atoms with Crippen LogP contribution in [-0.2, 0) is 0 Å². The number of aldehydes is 1. The van der Waals surface area contributed by atoms with E-state index in [4.69, 9.17) is 4.74 Å². The van der Waals surface area contributed by atoms with Crippen molar-refractivity contribution in [2.24, 2.45) is 0 Å². The average molecular weight is 368 g/mol. The van der Waals surface area contributed by atoms with Crippen LogP contribution in [0.5, 0.6) is 11.5 Å². The lowest BCUT2D eigenvalue weighted by molar-refractivity contribution is 0.112. The summed E-state index contributed by atoms with van der Waals surface area (Å²) in [6, 6.07) is 15.3. The van der Waals surface area contributed by atoms with Crippen LogP contribution < -0.4 is 4.74 Å². The minimum Gasteiger partial charge on any atom is -0.457 e. The third kappa shape index (κ3) is 3.48. The summed E-state index contributed by atoms with van der Waals surface area (Å²) in [6.45, 7) is 1.94. The maximum absolute atomic E-state index is 11.1. The number of aromatic nitrogens is 1. The minimum absolute atomic E-state index is 0.567. The maximum atomic E-state index is 11.1. The van der Waals surface area contributed by atoms with Crippen molar-refractivity contribution in [2.45, 2.75) is 6.92 Å². The summed E-state index contributed by atoms with van der Waals surface area (Å²) in [5.41, 5.74) is 3.66. The second-order valence-corrected chi connectivity index (χ2v) is 5.98. The van der Waals surface area contributed by atoms with Crippen molar-refractivity contribution in [3.63, 3.8) is 0 Å². The molecule has 0 N–H and O–H groups in total. The number of ether oxygens (including phenoxy) is 1. The van der Waals surface area contributed by atoms with Crippen LogP contribution in [0.4, 0.5) is 0 Å². The van der Waals surface area contributed by atoms with E-state index in [9.17, 15) is 4.79 Å². The number of nitrogens with zero attached hydrogens (tertiary/aromatic N) is 1. The van der Waals surface area contributed by atoms with Crippen LogP contribution >= 0.6 is 15.9 Å². The van der Waals surface area contributed by atoms with Crippen LogP contribution in [0.1, 0.15) is 15.9 Å². The Morgan fingerprint density at radius 1 is 1.09 bits per heavy atom. The first kappa shape index (κ1) is 15.4. The lowest BCUT2D eigenvalue weighted by Gasteiger charge is -2.11. The molecular weight excluding hydrogens is 354 g/mol. The van der Waals surface area contributed by atoms with E-state index in [1.54, 1.807) is 12.3 Å². The highest BCUT2D eigenvalue weighted by Crippen LogP contribution is 2.31. The first-order chi connectivity index (χ1) is 11.2. The van der Waals surface area contributed by atoms with Gasteiger partial charge in [0, 0.05) is 22.4 Å². The molecule has 0 aliphatic heterocycles. The molecule has 0 fully saturated rings. The van der Waals surface area contributed by atoms with E-state index in [0.29, 0.717) is 11.3 Å². The molecule has 0 spiro atoms. The van der Waals surface area contributed by atoms with E-state index >= 15 is 0 Å². The second kappa shape index (κ2) is 6.75. The molecule has 0 radical (unpaired) electrons. The van der Waals surface area contributed by atoms with Crippen LogP contribution in [-0.4, -0.2) is 11.3 Å². The Morgan fingerprint density at radius 3 is 2.52 bits per heavy atom. The normalized spacial score (nSPS) is 10.3. The fourth-order valence-corrected chi connectivity index (χ4v) is 2.80. The van der Waals surface area contributed by atoms with Crippen molar-refractivity contribution in [3.8, 4) is 22.6 Å². The highest BCUT2D eigenvalue weighted by molar-refractivity contribution is 9.10. The molecule has 3 nitrogen and oxygen atoms in total. The Kier molecular flexibility index (Phi) is 4.53. The van der Waals surface area contributed by atoms with Crippen LogP contribution in [0.15, 0.2) is 65.4 Å². The zero-order valence-electron chi connectivity index (χ0n) is 12.5. The predicted molar refractivity (Wildman–Crippen MR) is 94.0 cm³/mol. The van der Waals surface area contributed by atoms with Gasteiger partial charge in [0.15, 0.2) is 6.29 Å². The Bertz CT molecular complexity index is 830. The smallest absolute Gasteiger partial charge is 0.151 e. The fourth-order valence-electron chi connectivity index (χ4n) is 2.24. The second-order valence-electron chi connectivity index (χ2n) is 5.13. The SMILES string of the molecule is Cc1cc(Br)c(C=O)cc1Oc1ccc(-c2cccnc2)cc1. The molecule has 3 aromatic rings. The maximum Gasteiger partial charge on any atom is 0.151 e. The molecule has 114 valence electrons. The van der Waals surface area contributed by atoms with Crippen molar-refractivity contribution in [2.75, 3.05) is 0 Å². The number of rotatable bonds is 4. The standard InChI is InChI=1S/C19H14BrNO2/c1-13-9-18(20)16(12-22)10-19(13)23-17-6-4-14(5-7-17)15-3-2-8-21-11-15/h2-12H,1H3. The topological polar surface area (TPSA) is 39.2 Å². The van der Waals surface area contributed by atoms with E-state index in [0.717, 1.165) is 33.2 Å². The highest BCUT2D eigenvalue weighted by atomic mass is 79.9. The minimum atomic E-state index is 0.567. The summed E-state index contributed by atoms with van der Waals surface area (Å²) in [5.74, 6) is 1.39.